The van der Waals surface area contributed by atoms with Crippen LogP contribution in [0.5, 0.6) is 0 Å². The summed E-state index contributed by atoms with van der Waals surface area (Å²) in [5.41, 5.74) is 0. The molecule has 4 nitrogen and oxygen atoms in total. The standard InChI is InChI=1S/C15H29NO3/c1-12(2)16-8-10-19-15(11-16)14(17)7-3-5-13-6-4-9-18-13/h12-15,17H,3-11H2,1-2H3. The summed E-state index contributed by atoms with van der Waals surface area (Å²) < 4.78 is 11.3. The lowest BCUT2D eigenvalue weighted by Gasteiger charge is -2.37. The van der Waals surface area contributed by atoms with Gasteiger partial charge in [-0.15, -0.1) is 0 Å². The van der Waals surface area contributed by atoms with Crippen molar-refractivity contribution in [3.05, 3.63) is 0 Å². The monoisotopic (exact) mass is 271 g/mol. The van der Waals surface area contributed by atoms with Crippen molar-refractivity contribution in [2.24, 2.45) is 0 Å². The van der Waals surface area contributed by atoms with E-state index < -0.39 is 0 Å². The van der Waals surface area contributed by atoms with Crippen LogP contribution < -0.4 is 0 Å². The van der Waals surface area contributed by atoms with Crippen molar-refractivity contribution in [3.63, 3.8) is 0 Å². The third-order valence-electron chi connectivity index (χ3n) is 4.33. The maximum Gasteiger partial charge on any atom is 0.0961 e. The van der Waals surface area contributed by atoms with Gasteiger partial charge in [-0.2, -0.15) is 0 Å². The molecule has 0 aromatic carbocycles. The van der Waals surface area contributed by atoms with E-state index in [9.17, 15) is 5.11 Å². The van der Waals surface area contributed by atoms with Gasteiger partial charge in [-0.1, -0.05) is 0 Å². The van der Waals surface area contributed by atoms with Crippen LogP contribution in [0.15, 0.2) is 0 Å². The predicted octanol–water partition coefficient (Wildman–Crippen LogP) is 1.81. The summed E-state index contributed by atoms with van der Waals surface area (Å²) in [6.07, 6.45) is 5.43. The first-order valence-electron chi connectivity index (χ1n) is 7.82. The van der Waals surface area contributed by atoms with Crippen LogP contribution in [-0.4, -0.2) is 60.7 Å². The van der Waals surface area contributed by atoms with Gasteiger partial charge in [0, 0.05) is 25.7 Å². The molecule has 2 fully saturated rings. The van der Waals surface area contributed by atoms with E-state index >= 15 is 0 Å². The zero-order valence-electron chi connectivity index (χ0n) is 12.4. The lowest BCUT2D eigenvalue weighted by atomic mass is 10.0. The summed E-state index contributed by atoms with van der Waals surface area (Å²) >= 11 is 0. The quantitative estimate of drug-likeness (QED) is 0.800. The number of rotatable bonds is 6. The number of aliphatic hydroxyl groups excluding tert-OH is 1. The Morgan fingerprint density at radius 2 is 2.11 bits per heavy atom. The van der Waals surface area contributed by atoms with Crippen LogP contribution in [-0.2, 0) is 9.47 Å². The van der Waals surface area contributed by atoms with Gasteiger partial charge in [0.25, 0.3) is 0 Å². The molecule has 2 aliphatic heterocycles. The molecule has 2 saturated heterocycles. The third-order valence-corrected chi connectivity index (χ3v) is 4.33. The smallest absolute Gasteiger partial charge is 0.0961 e. The fourth-order valence-electron chi connectivity index (χ4n) is 3.01. The molecule has 3 atom stereocenters. The van der Waals surface area contributed by atoms with Crippen molar-refractivity contribution < 1.29 is 14.6 Å². The second kappa shape index (κ2) is 7.58. The van der Waals surface area contributed by atoms with Crippen molar-refractivity contribution in [1.82, 2.24) is 4.90 Å². The zero-order valence-corrected chi connectivity index (χ0v) is 12.4. The summed E-state index contributed by atoms with van der Waals surface area (Å²) in [5, 5.41) is 10.3. The second-order valence-corrected chi connectivity index (χ2v) is 6.13. The lowest BCUT2D eigenvalue weighted by molar-refractivity contribution is -0.0972. The molecule has 3 unspecified atom stereocenters. The van der Waals surface area contributed by atoms with Crippen molar-refractivity contribution in [3.8, 4) is 0 Å². The number of aliphatic hydroxyl groups is 1. The molecule has 0 radical (unpaired) electrons. The molecule has 19 heavy (non-hydrogen) atoms. The van der Waals surface area contributed by atoms with Crippen molar-refractivity contribution in [2.75, 3.05) is 26.3 Å². The Morgan fingerprint density at radius 1 is 1.26 bits per heavy atom. The molecule has 0 saturated carbocycles. The number of nitrogens with zero attached hydrogens (tertiary/aromatic N) is 1. The highest BCUT2D eigenvalue weighted by Gasteiger charge is 2.28. The van der Waals surface area contributed by atoms with E-state index in [-0.39, 0.29) is 12.2 Å². The van der Waals surface area contributed by atoms with E-state index in [1.807, 2.05) is 0 Å². The van der Waals surface area contributed by atoms with Crippen molar-refractivity contribution >= 4 is 0 Å². The van der Waals surface area contributed by atoms with Gasteiger partial charge in [0.15, 0.2) is 0 Å². The first kappa shape index (κ1) is 15.2. The Morgan fingerprint density at radius 3 is 2.79 bits per heavy atom. The molecule has 1 N–H and O–H groups in total. The van der Waals surface area contributed by atoms with Crippen LogP contribution >= 0.6 is 0 Å². The predicted molar refractivity (Wildman–Crippen MR) is 75.3 cm³/mol. The first-order chi connectivity index (χ1) is 9.16. The molecule has 0 aliphatic carbocycles. The molecule has 4 heteroatoms. The Kier molecular flexibility index (Phi) is 6.07. The summed E-state index contributed by atoms with van der Waals surface area (Å²) in [4.78, 5) is 2.39. The van der Waals surface area contributed by atoms with Crippen LogP contribution in [0, 0.1) is 0 Å². The third kappa shape index (κ3) is 4.71. The van der Waals surface area contributed by atoms with Gasteiger partial charge in [0.05, 0.1) is 24.9 Å². The van der Waals surface area contributed by atoms with Crippen molar-refractivity contribution in [2.45, 2.75) is 70.3 Å². The average molecular weight is 271 g/mol. The topological polar surface area (TPSA) is 41.9 Å². The van der Waals surface area contributed by atoms with Gasteiger partial charge in [-0.25, -0.2) is 0 Å². The highest BCUT2D eigenvalue weighted by Crippen LogP contribution is 2.20. The number of morpholine rings is 1. The molecule has 0 bridgehead atoms. The largest absolute Gasteiger partial charge is 0.390 e. The van der Waals surface area contributed by atoms with E-state index in [1.54, 1.807) is 0 Å². The summed E-state index contributed by atoms with van der Waals surface area (Å²) in [6.45, 7) is 7.90. The molecule has 2 rings (SSSR count). The van der Waals surface area contributed by atoms with E-state index in [0.29, 0.717) is 12.1 Å². The molecule has 2 aliphatic rings. The minimum absolute atomic E-state index is 0.0133. The van der Waals surface area contributed by atoms with Gasteiger partial charge in [-0.05, 0) is 46.0 Å². The van der Waals surface area contributed by atoms with E-state index in [2.05, 4.69) is 18.7 Å². The lowest BCUT2D eigenvalue weighted by Crippen LogP contribution is -2.50. The van der Waals surface area contributed by atoms with Gasteiger partial charge < -0.3 is 14.6 Å². The van der Waals surface area contributed by atoms with Crippen LogP contribution in [0.25, 0.3) is 0 Å². The number of hydrogen-bond acceptors (Lipinski definition) is 4. The fraction of sp³-hybridized carbons (Fsp3) is 1.00. The second-order valence-electron chi connectivity index (χ2n) is 6.13. The summed E-state index contributed by atoms with van der Waals surface area (Å²) in [6, 6.07) is 0.533. The molecule has 2 heterocycles. The van der Waals surface area contributed by atoms with Gasteiger partial charge in [0.2, 0.25) is 0 Å². The SMILES string of the molecule is CC(C)N1CCOC(C(O)CCCC2CCCO2)C1. The van der Waals surface area contributed by atoms with Gasteiger partial charge >= 0.3 is 0 Å². The molecule has 0 aromatic rings. The minimum atomic E-state index is -0.331. The molecule has 0 amide bonds. The van der Waals surface area contributed by atoms with Gasteiger partial charge in [0.1, 0.15) is 0 Å². The zero-order chi connectivity index (χ0) is 13.7. The van der Waals surface area contributed by atoms with Gasteiger partial charge in [-0.3, -0.25) is 4.90 Å². The van der Waals surface area contributed by atoms with Crippen molar-refractivity contribution in [1.29, 1.82) is 0 Å². The first-order valence-corrected chi connectivity index (χ1v) is 7.82. The number of ether oxygens (including phenoxy) is 2. The highest BCUT2D eigenvalue weighted by molar-refractivity contribution is 4.79. The molecular formula is C15H29NO3. The Bertz CT molecular complexity index is 254. The molecule has 0 spiro atoms. The van der Waals surface area contributed by atoms with Crippen LogP contribution in [0.3, 0.4) is 0 Å². The average Bonchev–Trinajstić information content (AvgIpc) is 2.92. The Labute approximate surface area is 117 Å². The maximum atomic E-state index is 10.3. The normalized spacial score (nSPS) is 30.9. The Hall–Kier alpha value is -0.160. The maximum absolute atomic E-state index is 10.3. The van der Waals surface area contributed by atoms with E-state index in [0.717, 1.165) is 45.6 Å². The molecule has 0 aromatic heterocycles. The Balaban J connectivity index is 1.65. The minimum Gasteiger partial charge on any atom is -0.390 e. The van der Waals surface area contributed by atoms with Crippen LogP contribution in [0.1, 0.15) is 46.0 Å². The summed E-state index contributed by atoms with van der Waals surface area (Å²) in [7, 11) is 0. The number of hydrogen-bond donors (Lipinski definition) is 1. The van der Waals surface area contributed by atoms with E-state index in [1.165, 1.54) is 12.8 Å². The highest BCUT2D eigenvalue weighted by atomic mass is 16.5. The summed E-state index contributed by atoms with van der Waals surface area (Å²) in [5.74, 6) is 0. The molecular weight excluding hydrogens is 242 g/mol. The van der Waals surface area contributed by atoms with Crippen LogP contribution in [0.2, 0.25) is 0 Å². The van der Waals surface area contributed by atoms with E-state index in [4.69, 9.17) is 9.47 Å². The fourth-order valence-corrected chi connectivity index (χ4v) is 3.01. The van der Waals surface area contributed by atoms with Crippen LogP contribution in [0.4, 0.5) is 0 Å². The molecule has 112 valence electrons.